The molecule has 0 amide bonds. The van der Waals surface area contributed by atoms with Crippen LogP contribution in [0.2, 0.25) is 0 Å². The number of hydrogen-bond donors (Lipinski definition) is 1. The van der Waals surface area contributed by atoms with Crippen molar-refractivity contribution in [1.29, 1.82) is 0 Å². The van der Waals surface area contributed by atoms with Crippen LogP contribution in [0.4, 0.5) is 5.69 Å². The van der Waals surface area contributed by atoms with E-state index < -0.39 is 0 Å². The predicted octanol–water partition coefficient (Wildman–Crippen LogP) is 1.74. The summed E-state index contributed by atoms with van der Waals surface area (Å²) in [5, 5.41) is 7.34. The third kappa shape index (κ3) is 4.46. The van der Waals surface area contributed by atoms with Crippen LogP contribution < -0.4 is 5.32 Å². The van der Waals surface area contributed by atoms with E-state index in [1.165, 1.54) is 0 Å². The number of nitrogens with zero attached hydrogens (tertiary/aromatic N) is 2. The first-order valence-electron chi connectivity index (χ1n) is 6.09. The van der Waals surface area contributed by atoms with Gasteiger partial charge in [0, 0.05) is 13.2 Å². The van der Waals surface area contributed by atoms with Gasteiger partial charge in [-0.25, -0.2) is 0 Å². The molecule has 0 bridgehead atoms. The van der Waals surface area contributed by atoms with E-state index in [0.29, 0.717) is 6.61 Å². The molecule has 0 radical (unpaired) electrons. The molecule has 96 valence electrons. The van der Waals surface area contributed by atoms with Crippen molar-refractivity contribution in [2.45, 2.75) is 33.1 Å². The molecular formula is C12H21N3O2. The van der Waals surface area contributed by atoms with Gasteiger partial charge in [-0.2, -0.15) is 5.10 Å². The lowest BCUT2D eigenvalue weighted by Crippen LogP contribution is -2.17. The summed E-state index contributed by atoms with van der Waals surface area (Å²) in [5.41, 5.74) is 1.87. The number of aromatic nitrogens is 2. The lowest BCUT2D eigenvalue weighted by Gasteiger charge is -2.06. The molecule has 0 atom stereocenters. The minimum Gasteiger partial charge on any atom is -0.464 e. The zero-order valence-electron chi connectivity index (χ0n) is 10.8. The summed E-state index contributed by atoms with van der Waals surface area (Å²) in [6.07, 6.45) is 4.66. The molecule has 5 heteroatoms. The second-order valence-electron chi connectivity index (χ2n) is 3.94. The van der Waals surface area contributed by atoms with Crippen LogP contribution in [0.5, 0.6) is 0 Å². The van der Waals surface area contributed by atoms with Gasteiger partial charge in [0.15, 0.2) is 0 Å². The quantitative estimate of drug-likeness (QED) is 0.581. The molecule has 1 N–H and O–H groups in total. The molecule has 0 aliphatic carbocycles. The first-order chi connectivity index (χ1) is 8.17. The van der Waals surface area contributed by atoms with Gasteiger partial charge >= 0.3 is 5.97 Å². The fourth-order valence-electron chi connectivity index (χ4n) is 1.49. The van der Waals surface area contributed by atoms with Crippen molar-refractivity contribution in [2.24, 2.45) is 7.05 Å². The highest BCUT2D eigenvalue weighted by molar-refractivity contribution is 5.75. The topological polar surface area (TPSA) is 56.1 Å². The number of ether oxygens (including phenoxy) is 1. The van der Waals surface area contributed by atoms with E-state index in [1.54, 1.807) is 4.68 Å². The molecule has 0 saturated carbocycles. The number of anilines is 1. The maximum Gasteiger partial charge on any atom is 0.325 e. The number of esters is 1. The first kappa shape index (κ1) is 13.5. The van der Waals surface area contributed by atoms with E-state index in [1.807, 2.05) is 20.2 Å². The van der Waals surface area contributed by atoms with Crippen LogP contribution in [-0.4, -0.2) is 28.9 Å². The van der Waals surface area contributed by atoms with Crippen molar-refractivity contribution < 1.29 is 9.53 Å². The summed E-state index contributed by atoms with van der Waals surface area (Å²) in [5.74, 6) is -0.218. The summed E-state index contributed by atoms with van der Waals surface area (Å²) in [6, 6.07) is 0. The van der Waals surface area contributed by atoms with Gasteiger partial charge in [-0.05, 0) is 12.8 Å². The first-order valence-corrected chi connectivity index (χ1v) is 6.09. The number of aryl methyl sites for hydroxylation is 2. The minimum absolute atomic E-state index is 0.197. The highest BCUT2D eigenvalue weighted by atomic mass is 16.5. The number of rotatable bonds is 7. The fraction of sp³-hybridized carbons (Fsp3) is 0.667. The number of hydrogen-bond acceptors (Lipinski definition) is 4. The van der Waals surface area contributed by atoms with Crippen LogP contribution in [0.15, 0.2) is 6.20 Å². The van der Waals surface area contributed by atoms with Crippen molar-refractivity contribution in [3.63, 3.8) is 0 Å². The Balaban J connectivity index is 2.36. The fourth-order valence-corrected chi connectivity index (χ4v) is 1.49. The Morgan fingerprint density at radius 3 is 2.94 bits per heavy atom. The second kappa shape index (κ2) is 6.93. The third-order valence-electron chi connectivity index (χ3n) is 2.42. The van der Waals surface area contributed by atoms with Crippen molar-refractivity contribution in [2.75, 3.05) is 18.5 Å². The Bertz CT molecular complexity index is 361. The molecule has 17 heavy (non-hydrogen) atoms. The van der Waals surface area contributed by atoms with Crippen LogP contribution in [0.25, 0.3) is 0 Å². The number of unbranched alkanes of at least 4 members (excludes halogenated alkanes) is 1. The molecule has 0 fully saturated rings. The van der Waals surface area contributed by atoms with E-state index in [2.05, 4.69) is 17.3 Å². The Kier molecular flexibility index (Phi) is 5.52. The average Bonchev–Trinajstić information content (AvgIpc) is 2.67. The van der Waals surface area contributed by atoms with Crippen LogP contribution in [0, 0.1) is 0 Å². The molecule has 1 heterocycles. The molecule has 0 aliphatic rings. The van der Waals surface area contributed by atoms with Crippen LogP contribution in [0.1, 0.15) is 32.4 Å². The predicted molar refractivity (Wildman–Crippen MR) is 66.9 cm³/mol. The molecule has 0 unspecified atom stereocenters. The van der Waals surface area contributed by atoms with Gasteiger partial charge in [0.05, 0.1) is 18.0 Å². The lowest BCUT2D eigenvalue weighted by molar-refractivity contribution is -0.141. The summed E-state index contributed by atoms with van der Waals surface area (Å²) >= 11 is 0. The van der Waals surface area contributed by atoms with E-state index in [9.17, 15) is 4.79 Å². The minimum atomic E-state index is -0.218. The van der Waals surface area contributed by atoms with E-state index >= 15 is 0 Å². The molecule has 1 aromatic rings. The van der Waals surface area contributed by atoms with E-state index in [-0.39, 0.29) is 12.5 Å². The van der Waals surface area contributed by atoms with E-state index in [0.717, 1.165) is 30.6 Å². The van der Waals surface area contributed by atoms with Crippen molar-refractivity contribution in [3.05, 3.63) is 11.9 Å². The molecular weight excluding hydrogens is 218 g/mol. The van der Waals surface area contributed by atoms with Crippen LogP contribution in [-0.2, 0) is 23.0 Å². The number of carbonyl (C=O) groups excluding carboxylic acids is 1. The molecule has 0 aromatic carbocycles. The van der Waals surface area contributed by atoms with Gasteiger partial charge < -0.3 is 10.1 Å². The van der Waals surface area contributed by atoms with Crippen molar-refractivity contribution in [1.82, 2.24) is 9.78 Å². The van der Waals surface area contributed by atoms with Crippen molar-refractivity contribution >= 4 is 11.7 Å². The smallest absolute Gasteiger partial charge is 0.325 e. The zero-order valence-corrected chi connectivity index (χ0v) is 10.8. The standard InChI is InChI=1S/C12H21N3O2/c1-4-6-7-17-12(16)8-13-11-9-15(3)14-10(11)5-2/h9,13H,4-8H2,1-3H3. The maximum atomic E-state index is 11.4. The Hall–Kier alpha value is -1.52. The SMILES string of the molecule is CCCCOC(=O)CNc1cn(C)nc1CC. The highest BCUT2D eigenvalue weighted by Crippen LogP contribution is 2.12. The number of nitrogens with one attached hydrogen (secondary N) is 1. The Labute approximate surface area is 102 Å². The summed E-state index contributed by atoms with van der Waals surface area (Å²) in [7, 11) is 1.86. The summed E-state index contributed by atoms with van der Waals surface area (Å²) in [4.78, 5) is 11.4. The number of carbonyl (C=O) groups is 1. The molecule has 0 aliphatic heterocycles. The molecule has 0 spiro atoms. The van der Waals surface area contributed by atoms with E-state index in [4.69, 9.17) is 4.74 Å². The normalized spacial score (nSPS) is 10.3. The maximum absolute atomic E-state index is 11.4. The Morgan fingerprint density at radius 1 is 1.53 bits per heavy atom. The third-order valence-corrected chi connectivity index (χ3v) is 2.42. The molecule has 0 saturated heterocycles. The van der Waals surface area contributed by atoms with Gasteiger partial charge in [-0.3, -0.25) is 9.48 Å². The molecule has 1 rings (SSSR count). The summed E-state index contributed by atoms with van der Waals surface area (Å²) < 4.78 is 6.80. The average molecular weight is 239 g/mol. The van der Waals surface area contributed by atoms with Gasteiger partial charge in [-0.15, -0.1) is 0 Å². The van der Waals surface area contributed by atoms with Crippen molar-refractivity contribution in [3.8, 4) is 0 Å². The van der Waals surface area contributed by atoms with Gasteiger partial charge in [0.1, 0.15) is 6.54 Å². The lowest BCUT2D eigenvalue weighted by atomic mass is 10.3. The van der Waals surface area contributed by atoms with Gasteiger partial charge in [-0.1, -0.05) is 20.3 Å². The van der Waals surface area contributed by atoms with Crippen LogP contribution in [0.3, 0.4) is 0 Å². The van der Waals surface area contributed by atoms with Gasteiger partial charge in [0.2, 0.25) is 0 Å². The second-order valence-corrected chi connectivity index (χ2v) is 3.94. The van der Waals surface area contributed by atoms with Gasteiger partial charge in [0.25, 0.3) is 0 Å². The summed E-state index contributed by atoms with van der Waals surface area (Å²) in [6.45, 7) is 4.80. The zero-order chi connectivity index (χ0) is 12.7. The largest absolute Gasteiger partial charge is 0.464 e. The Morgan fingerprint density at radius 2 is 2.29 bits per heavy atom. The highest BCUT2D eigenvalue weighted by Gasteiger charge is 2.07. The molecule has 5 nitrogen and oxygen atoms in total. The monoisotopic (exact) mass is 239 g/mol. The van der Waals surface area contributed by atoms with Crippen LogP contribution >= 0.6 is 0 Å². The molecule has 1 aromatic heterocycles.